The van der Waals surface area contributed by atoms with Crippen molar-refractivity contribution in [3.05, 3.63) is 29.8 Å². The Bertz CT molecular complexity index is 452. The Morgan fingerprint density at radius 1 is 1.28 bits per heavy atom. The molecule has 0 radical (unpaired) electrons. The van der Waals surface area contributed by atoms with Crippen molar-refractivity contribution in [1.29, 1.82) is 0 Å². The fourth-order valence-electron chi connectivity index (χ4n) is 1.53. The molecule has 0 saturated heterocycles. The van der Waals surface area contributed by atoms with Gasteiger partial charge in [-0.25, -0.2) is 13.1 Å². The highest BCUT2D eigenvalue weighted by atomic mass is 32.2. The van der Waals surface area contributed by atoms with Gasteiger partial charge >= 0.3 is 0 Å². The summed E-state index contributed by atoms with van der Waals surface area (Å²) in [4.78, 5) is 0.316. The summed E-state index contributed by atoms with van der Waals surface area (Å²) in [5.41, 5.74) is 1.18. The van der Waals surface area contributed by atoms with E-state index < -0.39 is 10.0 Å². The van der Waals surface area contributed by atoms with Crippen molar-refractivity contribution in [1.82, 2.24) is 4.72 Å². The monoisotopic (exact) mass is 287 g/mol. The Morgan fingerprint density at radius 2 is 1.89 bits per heavy atom. The molecule has 102 valence electrons. The lowest BCUT2D eigenvalue weighted by Gasteiger charge is -2.09. The van der Waals surface area contributed by atoms with Gasteiger partial charge in [-0.2, -0.15) is 12.6 Å². The second kappa shape index (κ2) is 7.16. The average Bonchev–Trinajstić information content (AvgIpc) is 2.34. The number of unbranched alkanes of at least 4 members (excludes halogenated alkanes) is 1. The van der Waals surface area contributed by atoms with Crippen LogP contribution in [0.15, 0.2) is 29.2 Å². The fourth-order valence-corrected chi connectivity index (χ4v) is 2.88. The zero-order valence-electron chi connectivity index (χ0n) is 10.9. The number of sulfonamides is 1. The molecule has 0 aliphatic rings. The summed E-state index contributed by atoms with van der Waals surface area (Å²) in [6.07, 6.45) is 3.26. The van der Waals surface area contributed by atoms with E-state index >= 15 is 0 Å². The van der Waals surface area contributed by atoms with Crippen molar-refractivity contribution in [2.45, 2.75) is 43.3 Å². The molecule has 0 aliphatic carbocycles. The van der Waals surface area contributed by atoms with E-state index in [1.807, 2.05) is 19.1 Å². The second-order valence-electron chi connectivity index (χ2n) is 4.45. The predicted octanol–water partition coefficient (Wildman–Crippen LogP) is 2.63. The Balaban J connectivity index is 2.71. The van der Waals surface area contributed by atoms with Gasteiger partial charge in [0, 0.05) is 11.8 Å². The first kappa shape index (κ1) is 15.5. The van der Waals surface area contributed by atoms with Crippen molar-refractivity contribution in [3.8, 4) is 0 Å². The minimum absolute atomic E-state index is 0.00334. The van der Waals surface area contributed by atoms with Crippen molar-refractivity contribution in [2.24, 2.45) is 0 Å². The van der Waals surface area contributed by atoms with Crippen LogP contribution in [0.25, 0.3) is 0 Å². The zero-order chi connectivity index (χ0) is 13.6. The molecular weight excluding hydrogens is 266 g/mol. The Kier molecular flexibility index (Phi) is 6.18. The molecule has 18 heavy (non-hydrogen) atoms. The molecule has 5 heteroatoms. The molecule has 0 aliphatic heterocycles. The molecule has 1 aromatic rings. The molecule has 1 unspecified atom stereocenters. The Morgan fingerprint density at radius 3 is 2.39 bits per heavy atom. The predicted molar refractivity (Wildman–Crippen MR) is 78.7 cm³/mol. The van der Waals surface area contributed by atoms with Gasteiger partial charge < -0.3 is 0 Å². The topological polar surface area (TPSA) is 46.2 Å². The molecule has 0 bridgehead atoms. The van der Waals surface area contributed by atoms with E-state index in [0.29, 0.717) is 11.4 Å². The first-order valence-corrected chi connectivity index (χ1v) is 8.22. The maximum Gasteiger partial charge on any atom is 0.240 e. The molecular formula is C13H21NO2S2. The molecule has 1 rings (SSSR count). The van der Waals surface area contributed by atoms with Crippen LogP contribution < -0.4 is 4.72 Å². The first-order valence-electron chi connectivity index (χ1n) is 6.22. The third-order valence-corrected chi connectivity index (χ3v) is 4.24. The van der Waals surface area contributed by atoms with Crippen molar-refractivity contribution < 1.29 is 8.42 Å². The zero-order valence-corrected chi connectivity index (χ0v) is 12.6. The normalized spacial score (nSPS) is 13.5. The number of thiol groups is 1. The summed E-state index contributed by atoms with van der Waals surface area (Å²) in [6, 6.07) is 7.09. The fraction of sp³-hybridized carbons (Fsp3) is 0.538. The largest absolute Gasteiger partial charge is 0.240 e. The number of aryl methyl sites for hydroxylation is 1. The Hall–Kier alpha value is -0.520. The van der Waals surface area contributed by atoms with E-state index in [-0.39, 0.29) is 5.25 Å². The summed E-state index contributed by atoms with van der Waals surface area (Å²) in [6.45, 7) is 4.32. The minimum atomic E-state index is -3.39. The summed E-state index contributed by atoms with van der Waals surface area (Å²) in [5.74, 6) is 0. The molecule has 0 spiro atoms. The molecule has 1 atom stereocenters. The van der Waals surface area contributed by atoms with E-state index in [4.69, 9.17) is 0 Å². The first-order chi connectivity index (χ1) is 8.45. The summed E-state index contributed by atoms with van der Waals surface area (Å²) in [7, 11) is -3.39. The lowest BCUT2D eigenvalue weighted by atomic mass is 10.1. The van der Waals surface area contributed by atoms with Gasteiger partial charge in [0.05, 0.1) is 4.90 Å². The molecule has 0 heterocycles. The van der Waals surface area contributed by atoms with Crippen LogP contribution in [0.2, 0.25) is 0 Å². The van der Waals surface area contributed by atoms with Crippen molar-refractivity contribution in [2.75, 3.05) is 6.54 Å². The van der Waals surface area contributed by atoms with Crippen LogP contribution in [0.3, 0.4) is 0 Å². The molecule has 3 nitrogen and oxygen atoms in total. The number of hydrogen-bond acceptors (Lipinski definition) is 3. The van der Waals surface area contributed by atoms with Crippen molar-refractivity contribution in [3.63, 3.8) is 0 Å². The molecule has 0 fully saturated rings. The number of rotatable bonds is 7. The van der Waals surface area contributed by atoms with Crippen LogP contribution in [0.1, 0.15) is 32.3 Å². The van der Waals surface area contributed by atoms with E-state index in [1.165, 1.54) is 5.56 Å². The van der Waals surface area contributed by atoms with Gasteiger partial charge in [-0.3, -0.25) is 0 Å². The van der Waals surface area contributed by atoms with E-state index in [0.717, 1.165) is 19.3 Å². The quantitative estimate of drug-likeness (QED) is 0.757. The summed E-state index contributed by atoms with van der Waals surface area (Å²) < 4.78 is 26.4. The number of nitrogens with one attached hydrogen (secondary N) is 1. The molecule has 0 saturated carbocycles. The average molecular weight is 287 g/mol. The van der Waals surface area contributed by atoms with Gasteiger partial charge in [-0.05, 0) is 30.5 Å². The molecule has 1 N–H and O–H groups in total. The molecule has 0 amide bonds. The summed E-state index contributed by atoms with van der Waals surface area (Å²) in [5, 5.41) is 0.00334. The van der Waals surface area contributed by atoms with Crippen LogP contribution in [-0.2, 0) is 16.4 Å². The van der Waals surface area contributed by atoms with E-state index in [2.05, 4.69) is 24.3 Å². The smallest absolute Gasteiger partial charge is 0.210 e. The lowest BCUT2D eigenvalue weighted by molar-refractivity contribution is 0.581. The maximum absolute atomic E-state index is 11.9. The molecule has 0 aromatic heterocycles. The van der Waals surface area contributed by atoms with Crippen LogP contribution in [0.5, 0.6) is 0 Å². The van der Waals surface area contributed by atoms with Gasteiger partial charge in [0.1, 0.15) is 0 Å². The van der Waals surface area contributed by atoms with Gasteiger partial charge in [-0.1, -0.05) is 32.4 Å². The summed E-state index contributed by atoms with van der Waals surface area (Å²) >= 11 is 4.15. The van der Waals surface area contributed by atoms with Gasteiger partial charge in [0.2, 0.25) is 10.0 Å². The van der Waals surface area contributed by atoms with Gasteiger partial charge in [-0.15, -0.1) is 0 Å². The third kappa shape index (κ3) is 5.00. The standard InChI is InChI=1S/C13H21NO2S2/c1-3-4-5-12-6-8-13(9-7-12)18(15,16)14-10-11(2)17/h6-9,11,14,17H,3-5,10H2,1-2H3. The van der Waals surface area contributed by atoms with Crippen molar-refractivity contribution >= 4 is 22.7 Å². The maximum atomic E-state index is 11.9. The highest BCUT2D eigenvalue weighted by Crippen LogP contribution is 2.12. The minimum Gasteiger partial charge on any atom is -0.210 e. The highest BCUT2D eigenvalue weighted by Gasteiger charge is 2.13. The van der Waals surface area contributed by atoms with Crippen LogP contribution in [0, 0.1) is 0 Å². The molecule has 1 aromatic carbocycles. The Labute approximate surface area is 115 Å². The second-order valence-corrected chi connectivity index (χ2v) is 7.10. The van der Waals surface area contributed by atoms with Gasteiger partial charge in [0.25, 0.3) is 0 Å². The van der Waals surface area contributed by atoms with Crippen LogP contribution in [-0.4, -0.2) is 20.2 Å². The van der Waals surface area contributed by atoms with Crippen LogP contribution >= 0.6 is 12.6 Å². The third-order valence-electron chi connectivity index (χ3n) is 2.62. The lowest BCUT2D eigenvalue weighted by Crippen LogP contribution is -2.28. The van der Waals surface area contributed by atoms with Crippen LogP contribution in [0.4, 0.5) is 0 Å². The van der Waals surface area contributed by atoms with E-state index in [9.17, 15) is 8.42 Å². The van der Waals surface area contributed by atoms with E-state index in [1.54, 1.807) is 12.1 Å². The SMILES string of the molecule is CCCCc1ccc(S(=O)(=O)NCC(C)S)cc1. The number of benzene rings is 1. The number of hydrogen-bond donors (Lipinski definition) is 2. The highest BCUT2D eigenvalue weighted by molar-refractivity contribution is 7.89. The van der Waals surface area contributed by atoms with Gasteiger partial charge in [0.15, 0.2) is 0 Å².